The van der Waals surface area contributed by atoms with Crippen LogP contribution in [-0.4, -0.2) is 50.3 Å². The number of aliphatic imine (C=N–C) groups is 1. The minimum absolute atomic E-state index is 0. The van der Waals surface area contributed by atoms with Gasteiger partial charge in [-0.2, -0.15) is 0 Å². The lowest BCUT2D eigenvalue weighted by Crippen LogP contribution is -2.40. The summed E-state index contributed by atoms with van der Waals surface area (Å²) in [4.78, 5) is 6.82. The van der Waals surface area contributed by atoms with Gasteiger partial charge in [-0.3, -0.25) is 9.89 Å². The van der Waals surface area contributed by atoms with Crippen LogP contribution in [0.25, 0.3) is 0 Å². The maximum absolute atomic E-state index is 5.78. The summed E-state index contributed by atoms with van der Waals surface area (Å²) in [7, 11) is 1.80. The van der Waals surface area contributed by atoms with E-state index in [0.29, 0.717) is 19.3 Å². The number of halogens is 1. The molecule has 1 saturated heterocycles. The fraction of sp³-hybridized carbons (Fsp3) is 0.480. The molecular weight excluding hydrogens is 515 g/mol. The Morgan fingerprint density at radius 2 is 1.94 bits per heavy atom. The Morgan fingerprint density at radius 3 is 2.69 bits per heavy atom. The van der Waals surface area contributed by atoms with Crippen molar-refractivity contribution in [1.29, 1.82) is 0 Å². The van der Waals surface area contributed by atoms with Crippen molar-refractivity contribution in [3.63, 3.8) is 0 Å². The second-order valence-corrected chi connectivity index (χ2v) is 8.06. The highest BCUT2D eigenvalue weighted by molar-refractivity contribution is 14.0. The quantitative estimate of drug-likeness (QED) is 0.294. The summed E-state index contributed by atoms with van der Waals surface area (Å²) in [6.45, 7) is 12.0. The van der Waals surface area contributed by atoms with Crippen LogP contribution in [0.5, 0.6) is 5.75 Å². The molecule has 0 spiro atoms. The van der Waals surface area contributed by atoms with Gasteiger partial charge in [0, 0.05) is 45.3 Å². The number of morpholine rings is 1. The Morgan fingerprint density at radius 1 is 1.16 bits per heavy atom. The fourth-order valence-electron chi connectivity index (χ4n) is 3.81. The Kier molecular flexibility index (Phi) is 11.3. The normalized spacial score (nSPS) is 16.9. The molecule has 0 aromatic heterocycles. The number of nitrogens with one attached hydrogen (secondary N) is 2. The van der Waals surface area contributed by atoms with E-state index in [4.69, 9.17) is 9.47 Å². The molecule has 2 aromatic carbocycles. The van der Waals surface area contributed by atoms with Gasteiger partial charge in [-0.05, 0) is 43.5 Å². The summed E-state index contributed by atoms with van der Waals surface area (Å²) in [6.07, 6.45) is 0.310. The monoisotopic (exact) mass is 552 g/mol. The van der Waals surface area contributed by atoms with Crippen LogP contribution in [0.15, 0.2) is 47.5 Å². The SMILES string of the molecule is CCOc1cc(C)ccc1CNC(=NC)NCc1cccc(CN2CCOC(C)C2)c1.I. The lowest BCUT2D eigenvalue weighted by Gasteiger charge is -2.31. The Bertz CT molecular complexity index is 875. The third-order valence-corrected chi connectivity index (χ3v) is 5.38. The number of benzene rings is 2. The molecule has 32 heavy (non-hydrogen) atoms. The van der Waals surface area contributed by atoms with Crippen molar-refractivity contribution in [3.05, 3.63) is 64.7 Å². The molecule has 0 saturated carbocycles. The van der Waals surface area contributed by atoms with E-state index in [1.165, 1.54) is 16.7 Å². The van der Waals surface area contributed by atoms with Crippen LogP contribution < -0.4 is 15.4 Å². The number of nitrogens with zero attached hydrogens (tertiary/aromatic N) is 2. The zero-order chi connectivity index (χ0) is 22.1. The van der Waals surface area contributed by atoms with Crippen LogP contribution in [0.1, 0.15) is 36.1 Å². The van der Waals surface area contributed by atoms with E-state index in [2.05, 4.69) is 76.8 Å². The van der Waals surface area contributed by atoms with Crippen LogP contribution in [0, 0.1) is 6.92 Å². The molecule has 176 valence electrons. The maximum Gasteiger partial charge on any atom is 0.191 e. The molecule has 1 fully saturated rings. The van der Waals surface area contributed by atoms with Crippen molar-refractivity contribution in [2.75, 3.05) is 33.4 Å². The predicted octanol–water partition coefficient (Wildman–Crippen LogP) is 4.10. The molecule has 1 aliphatic heterocycles. The van der Waals surface area contributed by atoms with Gasteiger partial charge in [-0.25, -0.2) is 0 Å². The first-order valence-corrected chi connectivity index (χ1v) is 11.2. The highest BCUT2D eigenvalue weighted by Gasteiger charge is 2.16. The molecule has 0 radical (unpaired) electrons. The first kappa shape index (κ1) is 26.4. The molecule has 7 heteroatoms. The first-order chi connectivity index (χ1) is 15.1. The van der Waals surface area contributed by atoms with E-state index < -0.39 is 0 Å². The van der Waals surface area contributed by atoms with E-state index in [1.54, 1.807) is 7.05 Å². The first-order valence-electron chi connectivity index (χ1n) is 11.2. The lowest BCUT2D eigenvalue weighted by molar-refractivity contribution is -0.0212. The van der Waals surface area contributed by atoms with Crippen molar-refractivity contribution in [1.82, 2.24) is 15.5 Å². The van der Waals surface area contributed by atoms with Gasteiger partial charge in [0.1, 0.15) is 5.75 Å². The molecule has 1 atom stereocenters. The van der Waals surface area contributed by atoms with Gasteiger partial charge in [0.2, 0.25) is 0 Å². The van der Waals surface area contributed by atoms with Crippen LogP contribution in [0.4, 0.5) is 0 Å². The molecule has 2 N–H and O–H groups in total. The third-order valence-electron chi connectivity index (χ3n) is 5.38. The van der Waals surface area contributed by atoms with Gasteiger partial charge in [0.15, 0.2) is 5.96 Å². The zero-order valence-corrected chi connectivity index (χ0v) is 22.0. The van der Waals surface area contributed by atoms with Crippen LogP contribution in [-0.2, 0) is 24.4 Å². The van der Waals surface area contributed by atoms with Crippen molar-refractivity contribution >= 4 is 29.9 Å². The number of rotatable bonds is 8. The molecule has 1 unspecified atom stereocenters. The summed E-state index contributed by atoms with van der Waals surface area (Å²) in [5.74, 6) is 1.70. The highest BCUT2D eigenvalue weighted by Crippen LogP contribution is 2.20. The molecular formula is C25H37IN4O2. The van der Waals surface area contributed by atoms with Gasteiger partial charge in [-0.1, -0.05) is 36.4 Å². The smallest absolute Gasteiger partial charge is 0.191 e. The summed E-state index contributed by atoms with van der Waals surface area (Å²) >= 11 is 0. The summed E-state index contributed by atoms with van der Waals surface area (Å²) in [5.41, 5.74) is 4.89. The summed E-state index contributed by atoms with van der Waals surface area (Å²) < 4.78 is 11.4. The van der Waals surface area contributed by atoms with Crippen LogP contribution in [0.3, 0.4) is 0 Å². The second-order valence-electron chi connectivity index (χ2n) is 8.06. The minimum Gasteiger partial charge on any atom is -0.494 e. The van der Waals surface area contributed by atoms with Gasteiger partial charge in [0.05, 0.1) is 19.3 Å². The largest absolute Gasteiger partial charge is 0.494 e. The average molecular weight is 553 g/mol. The molecule has 0 bridgehead atoms. The molecule has 2 aromatic rings. The van der Waals surface area contributed by atoms with E-state index >= 15 is 0 Å². The van der Waals surface area contributed by atoms with E-state index in [9.17, 15) is 0 Å². The molecule has 1 heterocycles. The van der Waals surface area contributed by atoms with Crippen LogP contribution >= 0.6 is 24.0 Å². The van der Waals surface area contributed by atoms with Crippen molar-refractivity contribution in [2.45, 2.75) is 46.5 Å². The molecule has 3 rings (SSSR count). The van der Waals surface area contributed by atoms with Gasteiger partial charge < -0.3 is 20.1 Å². The molecule has 6 nitrogen and oxygen atoms in total. The number of guanidine groups is 1. The highest BCUT2D eigenvalue weighted by atomic mass is 127. The van der Waals surface area contributed by atoms with Crippen molar-refractivity contribution in [2.24, 2.45) is 4.99 Å². The average Bonchev–Trinajstić information content (AvgIpc) is 2.75. The zero-order valence-electron chi connectivity index (χ0n) is 19.7. The number of aryl methyl sites for hydroxylation is 1. The third kappa shape index (κ3) is 8.26. The van der Waals surface area contributed by atoms with Gasteiger partial charge >= 0.3 is 0 Å². The Labute approximate surface area is 209 Å². The lowest BCUT2D eigenvalue weighted by atomic mass is 10.1. The number of hydrogen-bond donors (Lipinski definition) is 2. The van der Waals surface area contributed by atoms with Gasteiger partial charge in [0.25, 0.3) is 0 Å². The topological polar surface area (TPSA) is 58.1 Å². The summed E-state index contributed by atoms with van der Waals surface area (Å²) in [5, 5.41) is 6.82. The molecule has 0 aliphatic carbocycles. The Balaban J connectivity index is 0.00000363. The predicted molar refractivity (Wildman–Crippen MR) is 142 cm³/mol. The fourth-order valence-corrected chi connectivity index (χ4v) is 3.81. The number of hydrogen-bond acceptors (Lipinski definition) is 4. The minimum atomic E-state index is 0. The number of ether oxygens (including phenoxy) is 2. The van der Waals surface area contributed by atoms with Gasteiger partial charge in [-0.15, -0.1) is 24.0 Å². The van der Waals surface area contributed by atoms with E-state index in [1.807, 2.05) is 6.92 Å². The van der Waals surface area contributed by atoms with Crippen molar-refractivity contribution < 1.29 is 9.47 Å². The van der Waals surface area contributed by atoms with E-state index in [-0.39, 0.29) is 24.0 Å². The summed E-state index contributed by atoms with van der Waals surface area (Å²) in [6, 6.07) is 15.0. The standard InChI is InChI=1S/C25H36N4O2.HI/c1-5-30-24-13-19(2)9-10-23(24)16-28-25(26-4)27-15-21-7-6-8-22(14-21)18-29-11-12-31-20(3)17-29;/h6-10,13-14,20H,5,11-12,15-18H2,1-4H3,(H2,26,27,28);1H. The van der Waals surface area contributed by atoms with Crippen LogP contribution in [0.2, 0.25) is 0 Å². The maximum atomic E-state index is 5.78. The Hall–Kier alpha value is -1.84. The second kappa shape index (κ2) is 13.6. The molecule has 1 aliphatic rings. The molecule has 0 amide bonds. The van der Waals surface area contributed by atoms with E-state index in [0.717, 1.165) is 50.1 Å². The van der Waals surface area contributed by atoms with Crippen molar-refractivity contribution in [3.8, 4) is 5.75 Å².